The zero-order valence-corrected chi connectivity index (χ0v) is 13.2. The van der Waals surface area contributed by atoms with Crippen LogP contribution in [0.2, 0.25) is 6.04 Å². The Kier molecular flexibility index (Phi) is 6.25. The van der Waals surface area contributed by atoms with E-state index in [-0.39, 0.29) is 6.10 Å². The molecule has 2 unspecified atom stereocenters. The highest BCUT2D eigenvalue weighted by atomic mass is 28.4. The maximum Gasteiger partial charge on any atom is 0.501 e. The summed E-state index contributed by atoms with van der Waals surface area (Å²) >= 11 is 0. The van der Waals surface area contributed by atoms with Crippen molar-refractivity contribution in [2.24, 2.45) is 0 Å². The van der Waals surface area contributed by atoms with Crippen LogP contribution in [0.15, 0.2) is 0 Å². The first-order chi connectivity index (χ1) is 9.28. The number of hydrogen-bond acceptors (Lipinski definition) is 5. The molecule has 2 heterocycles. The van der Waals surface area contributed by atoms with Crippen LogP contribution >= 0.6 is 0 Å². The standard InChI is InChI=1S/C13H27NO4Si/c1-3-14-7-5-9-17-19(16-4-2)10-6-8-15-12-13(11-14)18-19/h13H,3-12H2,1-2H3. The van der Waals surface area contributed by atoms with E-state index in [9.17, 15) is 0 Å². The van der Waals surface area contributed by atoms with Crippen molar-refractivity contribution in [2.45, 2.75) is 38.8 Å². The van der Waals surface area contributed by atoms with E-state index in [0.717, 1.165) is 51.7 Å². The van der Waals surface area contributed by atoms with Crippen molar-refractivity contribution in [2.75, 3.05) is 46.1 Å². The molecule has 0 aromatic heterocycles. The first-order valence-electron chi connectivity index (χ1n) is 7.54. The molecule has 2 atom stereocenters. The van der Waals surface area contributed by atoms with Crippen molar-refractivity contribution in [1.29, 1.82) is 0 Å². The fraction of sp³-hybridized carbons (Fsp3) is 1.00. The Morgan fingerprint density at radius 1 is 1.26 bits per heavy atom. The van der Waals surface area contributed by atoms with E-state index in [2.05, 4.69) is 11.8 Å². The number of likely N-dealkylation sites (N-methyl/N-ethyl adjacent to an activating group) is 1. The predicted octanol–water partition coefficient (Wildman–Crippen LogP) is 1.51. The van der Waals surface area contributed by atoms with E-state index in [1.54, 1.807) is 0 Å². The molecule has 0 spiro atoms. The van der Waals surface area contributed by atoms with Crippen molar-refractivity contribution >= 4 is 8.80 Å². The van der Waals surface area contributed by atoms with Gasteiger partial charge in [0.05, 0.1) is 12.7 Å². The zero-order chi connectivity index (χ0) is 13.6. The molecular formula is C13H27NO4Si. The number of rotatable bonds is 3. The van der Waals surface area contributed by atoms with Gasteiger partial charge in [-0.3, -0.25) is 0 Å². The molecule has 6 heteroatoms. The quantitative estimate of drug-likeness (QED) is 0.737. The van der Waals surface area contributed by atoms with Crippen molar-refractivity contribution in [3.05, 3.63) is 0 Å². The van der Waals surface area contributed by atoms with Gasteiger partial charge in [-0.2, -0.15) is 0 Å². The third-order valence-corrected chi connectivity index (χ3v) is 6.67. The summed E-state index contributed by atoms with van der Waals surface area (Å²) in [5, 5.41) is 0. The van der Waals surface area contributed by atoms with E-state index in [1.807, 2.05) is 6.92 Å². The molecule has 2 bridgehead atoms. The molecule has 0 N–H and O–H groups in total. The topological polar surface area (TPSA) is 40.2 Å². The number of fused-ring (bicyclic) bond motifs is 2. The summed E-state index contributed by atoms with van der Waals surface area (Å²) in [6, 6.07) is 0.878. The van der Waals surface area contributed by atoms with E-state index in [1.165, 1.54) is 0 Å². The van der Waals surface area contributed by atoms with Crippen molar-refractivity contribution in [1.82, 2.24) is 4.90 Å². The second kappa shape index (κ2) is 7.71. The molecule has 112 valence electrons. The fourth-order valence-electron chi connectivity index (χ4n) is 2.70. The average molecular weight is 289 g/mol. The van der Waals surface area contributed by atoms with Crippen molar-refractivity contribution < 1.29 is 18.0 Å². The smallest absolute Gasteiger partial charge is 0.379 e. The Bertz CT molecular complexity index is 269. The van der Waals surface area contributed by atoms with Gasteiger partial charge in [0.15, 0.2) is 0 Å². The summed E-state index contributed by atoms with van der Waals surface area (Å²) in [7, 11) is -2.48. The summed E-state index contributed by atoms with van der Waals surface area (Å²) in [5.41, 5.74) is 0. The Hall–Kier alpha value is 0.0169. The van der Waals surface area contributed by atoms with Crippen LogP contribution in [0, 0.1) is 0 Å². The minimum absolute atomic E-state index is 0.0802. The minimum atomic E-state index is -2.48. The van der Waals surface area contributed by atoms with Crippen LogP contribution < -0.4 is 0 Å². The lowest BCUT2D eigenvalue weighted by Crippen LogP contribution is -2.52. The summed E-state index contributed by atoms with van der Waals surface area (Å²) in [6.45, 7) is 10.1. The van der Waals surface area contributed by atoms with Gasteiger partial charge < -0.3 is 22.9 Å². The van der Waals surface area contributed by atoms with Crippen LogP contribution in [0.1, 0.15) is 26.7 Å². The second-order valence-corrected chi connectivity index (χ2v) is 7.81. The number of nitrogens with zero attached hydrogens (tertiary/aromatic N) is 1. The molecule has 0 aliphatic carbocycles. The highest BCUT2D eigenvalue weighted by molar-refractivity contribution is 6.60. The van der Waals surface area contributed by atoms with Crippen LogP contribution in [0.4, 0.5) is 0 Å². The lowest BCUT2D eigenvalue weighted by Gasteiger charge is -2.35. The molecule has 2 fully saturated rings. The first kappa shape index (κ1) is 15.4. The van der Waals surface area contributed by atoms with Crippen LogP contribution in [0.5, 0.6) is 0 Å². The molecule has 0 aromatic rings. The molecular weight excluding hydrogens is 262 g/mol. The van der Waals surface area contributed by atoms with Crippen LogP contribution in [-0.4, -0.2) is 65.9 Å². The molecule has 0 aromatic carbocycles. The van der Waals surface area contributed by atoms with E-state index < -0.39 is 8.80 Å². The maximum atomic E-state index is 6.30. The molecule has 0 saturated carbocycles. The highest BCUT2D eigenvalue weighted by Crippen LogP contribution is 2.24. The van der Waals surface area contributed by atoms with E-state index in [4.69, 9.17) is 18.0 Å². The molecule has 2 rings (SSSR count). The van der Waals surface area contributed by atoms with Gasteiger partial charge in [-0.25, -0.2) is 0 Å². The second-order valence-electron chi connectivity index (χ2n) is 5.13. The Morgan fingerprint density at radius 3 is 2.95 bits per heavy atom. The lowest BCUT2D eigenvalue weighted by atomic mass is 10.3. The van der Waals surface area contributed by atoms with Crippen LogP contribution in [0.25, 0.3) is 0 Å². The van der Waals surface area contributed by atoms with Gasteiger partial charge in [-0.05, 0) is 26.3 Å². The molecule has 0 radical (unpaired) electrons. The SMILES string of the molecule is CCO[Si]12CCCOCC(CN(CC)CCCO1)O2. The molecule has 5 nitrogen and oxygen atoms in total. The summed E-state index contributed by atoms with van der Waals surface area (Å²) in [5.74, 6) is 0. The largest absolute Gasteiger partial charge is 0.501 e. The van der Waals surface area contributed by atoms with Gasteiger partial charge in [0.25, 0.3) is 0 Å². The van der Waals surface area contributed by atoms with Gasteiger partial charge in [0.2, 0.25) is 0 Å². The lowest BCUT2D eigenvalue weighted by molar-refractivity contribution is -0.0299. The van der Waals surface area contributed by atoms with Crippen LogP contribution in [-0.2, 0) is 18.0 Å². The minimum Gasteiger partial charge on any atom is -0.379 e. The third-order valence-electron chi connectivity index (χ3n) is 3.64. The monoisotopic (exact) mass is 289 g/mol. The maximum absolute atomic E-state index is 6.30. The van der Waals surface area contributed by atoms with Crippen molar-refractivity contribution in [3.8, 4) is 0 Å². The van der Waals surface area contributed by atoms with Gasteiger partial charge in [-0.15, -0.1) is 0 Å². The Balaban J connectivity index is 2.10. The molecule has 2 saturated heterocycles. The van der Waals surface area contributed by atoms with Crippen molar-refractivity contribution in [3.63, 3.8) is 0 Å². The average Bonchev–Trinajstić information content (AvgIpc) is 2.47. The van der Waals surface area contributed by atoms with Gasteiger partial charge in [0.1, 0.15) is 0 Å². The Morgan fingerprint density at radius 2 is 2.16 bits per heavy atom. The molecule has 19 heavy (non-hydrogen) atoms. The summed E-state index contributed by atoms with van der Waals surface area (Å²) in [4.78, 5) is 2.41. The highest BCUT2D eigenvalue weighted by Gasteiger charge is 2.44. The summed E-state index contributed by atoms with van der Waals surface area (Å²) < 4.78 is 24.0. The zero-order valence-electron chi connectivity index (χ0n) is 12.2. The predicted molar refractivity (Wildman–Crippen MR) is 75.2 cm³/mol. The summed E-state index contributed by atoms with van der Waals surface area (Å²) in [6.07, 6.45) is 2.10. The molecule has 2 aliphatic rings. The van der Waals surface area contributed by atoms with E-state index >= 15 is 0 Å². The Labute approximate surface area is 117 Å². The van der Waals surface area contributed by atoms with Gasteiger partial charge in [0, 0.05) is 39.0 Å². The fourth-order valence-corrected chi connectivity index (χ4v) is 5.45. The van der Waals surface area contributed by atoms with E-state index in [0.29, 0.717) is 13.2 Å². The number of ether oxygens (including phenoxy) is 1. The first-order valence-corrected chi connectivity index (χ1v) is 9.47. The molecule has 2 aliphatic heterocycles. The van der Waals surface area contributed by atoms with Crippen LogP contribution in [0.3, 0.4) is 0 Å². The third kappa shape index (κ3) is 4.51. The van der Waals surface area contributed by atoms with Gasteiger partial charge >= 0.3 is 8.80 Å². The normalized spacial score (nSPS) is 34.7. The molecule has 0 amide bonds. The number of hydrogen-bond donors (Lipinski definition) is 0. The van der Waals surface area contributed by atoms with Gasteiger partial charge in [-0.1, -0.05) is 6.92 Å².